The number of hydrogen-bond acceptors (Lipinski definition) is 9. The maximum absolute atomic E-state index is 13.7. The van der Waals surface area contributed by atoms with Gasteiger partial charge in [-0.1, -0.05) is 19.9 Å². The maximum atomic E-state index is 13.7. The lowest BCUT2D eigenvalue weighted by Crippen LogP contribution is -2.43. The van der Waals surface area contributed by atoms with Crippen molar-refractivity contribution < 1.29 is 38.1 Å². The highest BCUT2D eigenvalue weighted by atomic mass is 16.7. The van der Waals surface area contributed by atoms with Crippen LogP contribution >= 0.6 is 0 Å². The van der Waals surface area contributed by atoms with Crippen LogP contribution in [-0.4, -0.2) is 51.4 Å². The molecule has 0 unspecified atom stereocenters. The quantitative estimate of drug-likeness (QED) is 0.338. The molecule has 0 amide bonds. The number of ether oxygens (including phenoxy) is 5. The lowest BCUT2D eigenvalue weighted by Gasteiger charge is -2.38. The lowest BCUT2D eigenvalue weighted by atomic mass is 9.69. The van der Waals surface area contributed by atoms with Crippen LogP contribution in [0.1, 0.15) is 45.1 Å². The van der Waals surface area contributed by atoms with Crippen molar-refractivity contribution in [2.75, 3.05) is 33.7 Å². The SMILES string of the molecule is CCCOCCOC(=O)C1=C(C)NC2=C(C(=O)[C@@H](C(=O)OC)[C@H](C)C2)[C@H]1c1ccc2c(c1)OCO2. The van der Waals surface area contributed by atoms with Crippen LogP contribution in [0.15, 0.2) is 40.7 Å². The Bertz CT molecular complexity index is 1090. The Balaban J connectivity index is 1.74. The van der Waals surface area contributed by atoms with Gasteiger partial charge in [0, 0.05) is 29.5 Å². The van der Waals surface area contributed by atoms with Gasteiger partial charge < -0.3 is 29.0 Å². The van der Waals surface area contributed by atoms with Crippen LogP contribution in [0, 0.1) is 11.8 Å². The Morgan fingerprint density at radius 2 is 1.91 bits per heavy atom. The van der Waals surface area contributed by atoms with Crippen molar-refractivity contribution in [2.24, 2.45) is 11.8 Å². The molecule has 0 fully saturated rings. The van der Waals surface area contributed by atoms with Crippen molar-refractivity contribution in [1.82, 2.24) is 5.32 Å². The fourth-order valence-electron chi connectivity index (χ4n) is 4.89. The normalized spacial score (nSPS) is 23.1. The minimum atomic E-state index is -0.949. The topological polar surface area (TPSA) is 109 Å². The predicted octanol–water partition coefficient (Wildman–Crippen LogP) is 3.00. The molecule has 35 heavy (non-hydrogen) atoms. The first-order valence-corrected chi connectivity index (χ1v) is 11.8. The fourth-order valence-corrected chi connectivity index (χ4v) is 4.89. The van der Waals surface area contributed by atoms with E-state index in [4.69, 9.17) is 23.7 Å². The number of fused-ring (bicyclic) bond motifs is 1. The zero-order chi connectivity index (χ0) is 25.1. The monoisotopic (exact) mass is 485 g/mol. The number of allylic oxidation sites excluding steroid dienone is 3. The van der Waals surface area contributed by atoms with Crippen LogP contribution in [0.2, 0.25) is 0 Å². The molecule has 3 aliphatic rings. The smallest absolute Gasteiger partial charge is 0.336 e. The first-order chi connectivity index (χ1) is 16.9. The molecular formula is C26H31NO8. The van der Waals surface area contributed by atoms with Gasteiger partial charge in [-0.05, 0) is 43.4 Å². The molecule has 9 nitrogen and oxygen atoms in total. The summed E-state index contributed by atoms with van der Waals surface area (Å²) in [5.41, 5.74) is 2.65. The minimum absolute atomic E-state index is 0.0884. The van der Waals surface area contributed by atoms with Gasteiger partial charge in [0.1, 0.15) is 12.5 Å². The Morgan fingerprint density at radius 3 is 2.66 bits per heavy atom. The van der Waals surface area contributed by atoms with Gasteiger partial charge in [0.25, 0.3) is 0 Å². The summed E-state index contributed by atoms with van der Waals surface area (Å²) in [6, 6.07) is 5.33. The Morgan fingerprint density at radius 1 is 1.14 bits per heavy atom. The van der Waals surface area contributed by atoms with E-state index in [0.29, 0.717) is 52.6 Å². The first-order valence-electron chi connectivity index (χ1n) is 11.8. The first kappa shape index (κ1) is 24.8. The van der Waals surface area contributed by atoms with Gasteiger partial charge in [0.2, 0.25) is 6.79 Å². The number of carbonyl (C=O) groups is 3. The number of benzene rings is 1. The summed E-state index contributed by atoms with van der Waals surface area (Å²) in [6.45, 7) is 6.68. The van der Waals surface area contributed by atoms with E-state index < -0.39 is 23.8 Å². The Kier molecular flexibility index (Phi) is 7.45. The van der Waals surface area contributed by atoms with E-state index in [0.717, 1.165) is 6.42 Å². The molecule has 1 aliphatic carbocycles. The third-order valence-electron chi connectivity index (χ3n) is 6.50. The minimum Gasteiger partial charge on any atom is -0.468 e. The molecule has 0 spiro atoms. The number of carbonyl (C=O) groups excluding carboxylic acids is 3. The molecule has 4 rings (SSSR count). The van der Waals surface area contributed by atoms with E-state index >= 15 is 0 Å². The molecule has 1 N–H and O–H groups in total. The summed E-state index contributed by atoms with van der Waals surface area (Å²) in [6.07, 6.45) is 1.33. The number of dihydropyridines is 1. The molecule has 0 saturated carbocycles. The molecule has 1 aromatic rings. The van der Waals surface area contributed by atoms with Crippen LogP contribution in [0.3, 0.4) is 0 Å². The van der Waals surface area contributed by atoms with Gasteiger partial charge in [-0.3, -0.25) is 9.59 Å². The molecule has 3 atom stereocenters. The summed E-state index contributed by atoms with van der Waals surface area (Å²) in [4.78, 5) is 39.6. The standard InChI is InChI=1S/C26H31NO8/c1-5-8-32-9-10-33-26(30)21-15(3)27-17-11-14(2)20(25(29)31-4)24(28)23(17)22(21)16-6-7-18-19(12-16)35-13-34-18/h6-7,12,14,20,22,27H,5,8-11,13H2,1-4H3/t14-,20+,22+/m1/s1. The van der Waals surface area contributed by atoms with Gasteiger partial charge in [-0.15, -0.1) is 0 Å². The molecule has 9 heteroatoms. The van der Waals surface area contributed by atoms with E-state index in [2.05, 4.69) is 5.32 Å². The largest absolute Gasteiger partial charge is 0.468 e. The van der Waals surface area contributed by atoms with Crippen LogP contribution in [0.5, 0.6) is 11.5 Å². The van der Waals surface area contributed by atoms with E-state index in [1.807, 2.05) is 13.8 Å². The summed E-state index contributed by atoms with van der Waals surface area (Å²) < 4.78 is 26.9. The second-order valence-corrected chi connectivity index (χ2v) is 8.90. The average Bonchev–Trinajstić information content (AvgIpc) is 3.30. The van der Waals surface area contributed by atoms with Gasteiger partial charge in [-0.25, -0.2) is 4.79 Å². The highest BCUT2D eigenvalue weighted by Gasteiger charge is 2.47. The van der Waals surface area contributed by atoms with E-state index in [1.165, 1.54) is 7.11 Å². The third-order valence-corrected chi connectivity index (χ3v) is 6.50. The van der Waals surface area contributed by atoms with Crippen molar-refractivity contribution in [3.63, 3.8) is 0 Å². The molecule has 0 bridgehead atoms. The van der Waals surface area contributed by atoms with Crippen molar-refractivity contribution in [3.8, 4) is 11.5 Å². The maximum Gasteiger partial charge on any atom is 0.336 e. The summed E-state index contributed by atoms with van der Waals surface area (Å²) in [5, 5.41) is 3.25. The molecule has 2 aliphatic heterocycles. The second kappa shape index (κ2) is 10.5. The molecule has 0 saturated heterocycles. The molecule has 1 aromatic carbocycles. The zero-order valence-electron chi connectivity index (χ0n) is 20.5. The van der Waals surface area contributed by atoms with E-state index in [9.17, 15) is 14.4 Å². The van der Waals surface area contributed by atoms with Crippen LogP contribution < -0.4 is 14.8 Å². The summed E-state index contributed by atoms with van der Waals surface area (Å²) in [7, 11) is 1.27. The van der Waals surface area contributed by atoms with Crippen LogP contribution in [0.4, 0.5) is 0 Å². The Labute approximate surface area is 204 Å². The van der Waals surface area contributed by atoms with Crippen molar-refractivity contribution in [3.05, 3.63) is 46.3 Å². The van der Waals surface area contributed by atoms with Crippen molar-refractivity contribution in [1.29, 1.82) is 0 Å². The second-order valence-electron chi connectivity index (χ2n) is 8.90. The number of methoxy groups -OCH3 is 1. The van der Waals surface area contributed by atoms with Gasteiger partial charge >= 0.3 is 11.9 Å². The fraction of sp³-hybridized carbons (Fsp3) is 0.500. The third kappa shape index (κ3) is 4.77. The average molecular weight is 486 g/mol. The number of hydrogen-bond donors (Lipinski definition) is 1. The molecule has 2 heterocycles. The molecule has 188 valence electrons. The predicted molar refractivity (Wildman–Crippen MR) is 125 cm³/mol. The van der Waals surface area contributed by atoms with E-state index in [-0.39, 0.29) is 31.7 Å². The summed E-state index contributed by atoms with van der Waals surface area (Å²) >= 11 is 0. The van der Waals surface area contributed by atoms with Crippen molar-refractivity contribution >= 4 is 17.7 Å². The van der Waals surface area contributed by atoms with Gasteiger partial charge in [0.15, 0.2) is 17.3 Å². The van der Waals surface area contributed by atoms with Gasteiger partial charge in [0.05, 0.1) is 19.3 Å². The number of nitrogens with one attached hydrogen (secondary N) is 1. The highest BCUT2D eigenvalue weighted by molar-refractivity contribution is 6.12. The molecule has 0 radical (unpaired) electrons. The highest BCUT2D eigenvalue weighted by Crippen LogP contribution is 2.47. The molecule has 0 aromatic heterocycles. The zero-order valence-corrected chi connectivity index (χ0v) is 20.5. The molecular weight excluding hydrogens is 454 g/mol. The number of Topliss-reactive ketones (excluding diaryl/α,β-unsaturated/α-hetero) is 1. The number of esters is 2. The van der Waals surface area contributed by atoms with Crippen LogP contribution in [0.25, 0.3) is 0 Å². The number of rotatable bonds is 8. The summed E-state index contributed by atoms with van der Waals surface area (Å²) in [5.74, 6) is -2.31. The van der Waals surface area contributed by atoms with Gasteiger partial charge in [-0.2, -0.15) is 0 Å². The van der Waals surface area contributed by atoms with E-state index in [1.54, 1.807) is 25.1 Å². The van der Waals surface area contributed by atoms with Crippen LogP contribution in [-0.2, 0) is 28.6 Å². The Hall–Kier alpha value is -3.33. The lowest BCUT2D eigenvalue weighted by molar-refractivity contribution is -0.151. The van der Waals surface area contributed by atoms with Crippen molar-refractivity contribution in [2.45, 2.75) is 39.5 Å². The number of ketones is 1.